The molecule has 0 aliphatic carbocycles. The van der Waals surface area contributed by atoms with Gasteiger partial charge in [-0.05, 0) is 31.9 Å². The van der Waals surface area contributed by atoms with E-state index in [9.17, 15) is 9.59 Å². The van der Waals surface area contributed by atoms with Crippen molar-refractivity contribution in [3.8, 4) is 0 Å². The molecule has 0 unspecified atom stereocenters. The zero-order valence-corrected chi connectivity index (χ0v) is 18.3. The fraction of sp³-hybridized carbons (Fsp3) is 0.304. The number of hydrogen-bond acceptors (Lipinski definition) is 4. The molecule has 8 heteroatoms. The zero-order valence-electron chi connectivity index (χ0n) is 18.3. The maximum Gasteiger partial charge on any atom is 0.271 e. The van der Waals surface area contributed by atoms with Gasteiger partial charge in [0.15, 0.2) is 5.65 Å². The molecule has 0 fully saturated rings. The lowest BCUT2D eigenvalue weighted by molar-refractivity contribution is 0.0848. The van der Waals surface area contributed by atoms with Crippen molar-refractivity contribution in [2.45, 2.75) is 39.7 Å². The largest absolute Gasteiger partial charge is 0.350 e. The minimum atomic E-state index is -0.411. The van der Waals surface area contributed by atoms with Gasteiger partial charge in [-0.1, -0.05) is 32.0 Å². The van der Waals surface area contributed by atoms with Crippen molar-refractivity contribution < 1.29 is 9.59 Å². The molecule has 0 spiro atoms. The summed E-state index contributed by atoms with van der Waals surface area (Å²) in [5, 5.41) is 5.87. The second-order valence-corrected chi connectivity index (χ2v) is 8.25. The van der Waals surface area contributed by atoms with Crippen LogP contribution in [0.1, 0.15) is 66.1 Å². The maximum absolute atomic E-state index is 13.0. The normalized spacial score (nSPS) is 11.6. The number of benzene rings is 1. The molecule has 0 atom stereocenters. The zero-order chi connectivity index (χ0) is 22.3. The van der Waals surface area contributed by atoms with Crippen molar-refractivity contribution in [3.63, 3.8) is 0 Å². The van der Waals surface area contributed by atoms with E-state index < -0.39 is 5.91 Å². The number of carbonyl (C=O) groups excluding carboxylic acids is 2. The van der Waals surface area contributed by atoms with E-state index in [0.29, 0.717) is 22.2 Å². The molecule has 4 aromatic rings. The number of para-hydroxylation sites is 1. The van der Waals surface area contributed by atoms with E-state index in [4.69, 9.17) is 4.98 Å². The van der Waals surface area contributed by atoms with Crippen molar-refractivity contribution in [2.24, 2.45) is 7.05 Å². The molecule has 2 amide bonds. The molecule has 0 aliphatic heterocycles. The van der Waals surface area contributed by atoms with Gasteiger partial charge in [-0.3, -0.25) is 20.4 Å². The molecule has 0 radical (unpaired) electrons. The lowest BCUT2D eigenvalue weighted by Gasteiger charge is -2.12. The summed E-state index contributed by atoms with van der Waals surface area (Å²) in [4.78, 5) is 30.5. The number of aryl methyl sites for hydroxylation is 1. The fourth-order valence-electron chi connectivity index (χ4n) is 3.67. The van der Waals surface area contributed by atoms with Crippen LogP contribution in [0.2, 0.25) is 0 Å². The maximum atomic E-state index is 13.0. The third-order valence-electron chi connectivity index (χ3n) is 5.34. The van der Waals surface area contributed by atoms with E-state index >= 15 is 0 Å². The Morgan fingerprint density at radius 2 is 1.65 bits per heavy atom. The highest BCUT2D eigenvalue weighted by Gasteiger charge is 2.20. The molecule has 3 aromatic heterocycles. The fourth-order valence-corrected chi connectivity index (χ4v) is 3.67. The highest BCUT2D eigenvalue weighted by Crippen LogP contribution is 2.24. The first kappa shape index (κ1) is 20.6. The van der Waals surface area contributed by atoms with Crippen LogP contribution in [0.5, 0.6) is 0 Å². The third kappa shape index (κ3) is 3.65. The molecule has 0 aliphatic rings. The second-order valence-electron chi connectivity index (χ2n) is 8.25. The summed E-state index contributed by atoms with van der Waals surface area (Å²) in [5.41, 5.74) is 8.42. The van der Waals surface area contributed by atoms with Gasteiger partial charge >= 0.3 is 0 Å². The minimum absolute atomic E-state index is 0.106. The van der Waals surface area contributed by atoms with Crippen LogP contribution in [0.25, 0.3) is 21.9 Å². The Bertz CT molecular complexity index is 1300. The van der Waals surface area contributed by atoms with Crippen LogP contribution in [0.15, 0.2) is 42.7 Å². The summed E-state index contributed by atoms with van der Waals surface area (Å²) < 4.78 is 3.68. The first-order chi connectivity index (χ1) is 14.8. The Hall–Kier alpha value is -3.68. The average Bonchev–Trinajstić information content (AvgIpc) is 3.32. The predicted octanol–water partition coefficient (Wildman–Crippen LogP) is 3.70. The number of pyridine rings is 1. The summed E-state index contributed by atoms with van der Waals surface area (Å²) in [6.07, 6.45) is 3.40. The molecule has 1 aromatic carbocycles. The molecule has 3 heterocycles. The Labute approximate surface area is 180 Å². The molecule has 2 N–H and O–H groups in total. The monoisotopic (exact) mass is 418 g/mol. The molecule has 0 saturated heterocycles. The molecule has 4 rings (SSSR count). The van der Waals surface area contributed by atoms with Gasteiger partial charge in [0, 0.05) is 35.9 Å². The number of rotatable bonds is 4. The lowest BCUT2D eigenvalue weighted by atomic mass is 10.1. The van der Waals surface area contributed by atoms with Gasteiger partial charge in [0.25, 0.3) is 11.8 Å². The number of aromatic nitrogens is 4. The van der Waals surface area contributed by atoms with Gasteiger partial charge in [-0.25, -0.2) is 9.67 Å². The summed E-state index contributed by atoms with van der Waals surface area (Å²) >= 11 is 0. The van der Waals surface area contributed by atoms with Crippen molar-refractivity contribution in [1.82, 2.24) is 30.2 Å². The van der Waals surface area contributed by atoms with E-state index in [1.54, 1.807) is 23.1 Å². The number of hydrazine groups is 1. The number of nitrogens with zero attached hydrogens (tertiary/aromatic N) is 4. The van der Waals surface area contributed by atoms with Crippen LogP contribution in [-0.4, -0.2) is 31.1 Å². The lowest BCUT2D eigenvalue weighted by Crippen LogP contribution is -2.41. The van der Waals surface area contributed by atoms with Crippen LogP contribution in [-0.2, 0) is 7.05 Å². The van der Waals surface area contributed by atoms with Gasteiger partial charge in [0.1, 0.15) is 0 Å². The Kier molecular flexibility index (Phi) is 5.22. The molecule has 31 heavy (non-hydrogen) atoms. The Balaban J connectivity index is 1.63. The smallest absolute Gasteiger partial charge is 0.271 e. The topological polar surface area (TPSA) is 93.8 Å². The Morgan fingerprint density at radius 1 is 0.968 bits per heavy atom. The first-order valence-corrected chi connectivity index (χ1v) is 10.3. The Morgan fingerprint density at radius 3 is 2.32 bits per heavy atom. The molecule has 0 saturated carbocycles. The van der Waals surface area contributed by atoms with Gasteiger partial charge < -0.3 is 4.57 Å². The van der Waals surface area contributed by atoms with Crippen LogP contribution in [0.4, 0.5) is 0 Å². The molecular formula is C23H26N6O2. The molecule has 8 nitrogen and oxygen atoms in total. The van der Waals surface area contributed by atoms with Gasteiger partial charge in [-0.15, -0.1) is 0 Å². The number of carbonyl (C=O) groups is 2. The summed E-state index contributed by atoms with van der Waals surface area (Å²) in [5.74, 6) is -0.652. The van der Waals surface area contributed by atoms with Gasteiger partial charge in [0.05, 0.1) is 22.7 Å². The number of nitrogens with one attached hydrogen (secondary N) is 2. The highest BCUT2D eigenvalue weighted by atomic mass is 16.2. The van der Waals surface area contributed by atoms with Crippen molar-refractivity contribution in [1.29, 1.82) is 0 Å². The van der Waals surface area contributed by atoms with Crippen molar-refractivity contribution >= 4 is 33.8 Å². The first-order valence-electron chi connectivity index (χ1n) is 10.3. The standard InChI is InChI=1S/C23H26N6O2/c1-13(2)19-10-16(17-11-24-29(14(3)4)21(17)25-19)22(30)26-27-23(31)18-12-28(5)20-9-7-6-8-15(18)20/h6-14H,1-5H3,(H,26,30)(H,27,31). The van der Waals surface area contributed by atoms with Gasteiger partial charge in [0.2, 0.25) is 0 Å². The quantitative estimate of drug-likeness (QED) is 0.494. The van der Waals surface area contributed by atoms with Crippen LogP contribution >= 0.6 is 0 Å². The highest BCUT2D eigenvalue weighted by molar-refractivity contribution is 6.09. The average molecular weight is 419 g/mol. The SMILES string of the molecule is CC(C)c1cc(C(=O)NNC(=O)c2cn(C)c3ccccc23)c2cnn(C(C)C)c2n1. The number of hydrogen-bond donors (Lipinski definition) is 2. The summed E-state index contributed by atoms with van der Waals surface area (Å²) in [6.45, 7) is 8.07. The molecule has 160 valence electrons. The van der Waals surface area contributed by atoms with Crippen molar-refractivity contribution in [3.05, 3.63) is 59.5 Å². The number of fused-ring (bicyclic) bond motifs is 2. The van der Waals surface area contributed by atoms with Crippen molar-refractivity contribution in [2.75, 3.05) is 0 Å². The van der Waals surface area contributed by atoms with E-state index in [-0.39, 0.29) is 17.9 Å². The van der Waals surface area contributed by atoms with Crippen LogP contribution < -0.4 is 10.9 Å². The third-order valence-corrected chi connectivity index (χ3v) is 5.34. The predicted molar refractivity (Wildman–Crippen MR) is 120 cm³/mol. The van der Waals surface area contributed by atoms with Crippen LogP contribution in [0, 0.1) is 0 Å². The van der Waals surface area contributed by atoms with E-state index in [1.807, 2.05) is 63.6 Å². The van der Waals surface area contributed by atoms with E-state index in [0.717, 1.165) is 16.6 Å². The minimum Gasteiger partial charge on any atom is -0.350 e. The van der Waals surface area contributed by atoms with E-state index in [1.165, 1.54) is 0 Å². The van der Waals surface area contributed by atoms with E-state index in [2.05, 4.69) is 16.0 Å². The van der Waals surface area contributed by atoms with Gasteiger partial charge in [-0.2, -0.15) is 5.10 Å². The molecular weight excluding hydrogens is 392 g/mol. The molecule has 0 bridgehead atoms. The summed E-state index contributed by atoms with van der Waals surface area (Å²) in [6, 6.07) is 9.49. The number of amides is 2. The summed E-state index contributed by atoms with van der Waals surface area (Å²) in [7, 11) is 1.88. The second kappa shape index (κ2) is 7.86. The van der Waals surface area contributed by atoms with Crippen LogP contribution in [0.3, 0.4) is 0 Å².